The number of aliphatic carboxylic acids is 1. The second-order valence-electron chi connectivity index (χ2n) is 6.52. The van der Waals surface area contributed by atoms with E-state index in [-0.39, 0.29) is 24.3 Å². The summed E-state index contributed by atoms with van der Waals surface area (Å²) in [5.74, 6) is -1.05. The number of aliphatic hydroxyl groups is 1. The molecule has 1 saturated heterocycles. The zero-order valence-electron chi connectivity index (χ0n) is 12.6. The molecule has 0 radical (unpaired) electrons. The molecule has 0 aromatic carbocycles. The van der Waals surface area contributed by atoms with Crippen LogP contribution in [0.3, 0.4) is 0 Å². The van der Waals surface area contributed by atoms with Gasteiger partial charge in [0, 0.05) is 13.1 Å². The van der Waals surface area contributed by atoms with Crippen LogP contribution in [0.15, 0.2) is 0 Å². The molecule has 6 nitrogen and oxygen atoms in total. The summed E-state index contributed by atoms with van der Waals surface area (Å²) >= 11 is 0. The molecule has 2 N–H and O–H groups in total. The second-order valence-corrected chi connectivity index (χ2v) is 6.52. The lowest BCUT2D eigenvalue weighted by atomic mass is 9.82. The number of hydrogen-bond donors (Lipinski definition) is 2. The van der Waals surface area contributed by atoms with E-state index < -0.39 is 17.7 Å². The fourth-order valence-corrected chi connectivity index (χ4v) is 2.56. The molecule has 1 amide bonds. The Labute approximate surface area is 119 Å². The van der Waals surface area contributed by atoms with E-state index in [1.807, 2.05) is 27.7 Å². The maximum atomic E-state index is 12.0. The summed E-state index contributed by atoms with van der Waals surface area (Å²) < 4.78 is 5.32. The zero-order chi connectivity index (χ0) is 15.5. The van der Waals surface area contributed by atoms with Gasteiger partial charge in [0.05, 0.1) is 12.5 Å². The predicted molar refractivity (Wildman–Crippen MR) is 73.3 cm³/mol. The Balaban J connectivity index is 2.55. The van der Waals surface area contributed by atoms with Crippen LogP contribution in [-0.4, -0.2) is 52.0 Å². The molecule has 0 bridgehead atoms. The van der Waals surface area contributed by atoms with Gasteiger partial charge in [0.15, 0.2) is 0 Å². The smallest absolute Gasteiger partial charge is 0.410 e. The third kappa shape index (κ3) is 5.00. The van der Waals surface area contributed by atoms with Crippen LogP contribution in [0.2, 0.25) is 0 Å². The molecule has 1 heterocycles. The van der Waals surface area contributed by atoms with E-state index >= 15 is 0 Å². The summed E-state index contributed by atoms with van der Waals surface area (Å²) in [5, 5.41) is 18.6. The normalized spacial score (nSPS) is 25.1. The molecule has 1 fully saturated rings. The SMILES string of the molecule is CC1CN(C(=O)OC(C)(C)C)CCC1C(O)CC(=O)O. The first-order chi connectivity index (χ1) is 9.10. The van der Waals surface area contributed by atoms with Crippen molar-refractivity contribution in [2.75, 3.05) is 13.1 Å². The highest BCUT2D eigenvalue weighted by Crippen LogP contribution is 2.28. The van der Waals surface area contributed by atoms with Crippen LogP contribution in [0.25, 0.3) is 0 Å². The Kier molecular flexibility index (Phi) is 5.39. The number of amides is 1. The zero-order valence-corrected chi connectivity index (χ0v) is 12.6. The Morgan fingerprint density at radius 1 is 1.40 bits per heavy atom. The van der Waals surface area contributed by atoms with Gasteiger partial charge in [-0.3, -0.25) is 4.79 Å². The molecule has 0 aromatic rings. The van der Waals surface area contributed by atoms with E-state index in [1.54, 1.807) is 4.90 Å². The topological polar surface area (TPSA) is 87.1 Å². The number of carbonyl (C=O) groups excluding carboxylic acids is 1. The Bertz CT molecular complexity index is 363. The first-order valence-corrected chi connectivity index (χ1v) is 6.98. The van der Waals surface area contributed by atoms with Crippen LogP contribution >= 0.6 is 0 Å². The standard InChI is InChI=1S/C14H25NO5/c1-9-8-15(13(19)20-14(2,3)4)6-5-10(9)11(16)7-12(17)18/h9-11,16H,5-8H2,1-4H3,(H,17,18). The number of piperidine rings is 1. The van der Waals surface area contributed by atoms with Crippen molar-refractivity contribution >= 4 is 12.1 Å². The first-order valence-electron chi connectivity index (χ1n) is 6.98. The van der Waals surface area contributed by atoms with Gasteiger partial charge in [0.25, 0.3) is 0 Å². The summed E-state index contributed by atoms with van der Waals surface area (Å²) in [4.78, 5) is 24.2. The lowest BCUT2D eigenvalue weighted by Crippen LogP contribution is -2.47. The highest BCUT2D eigenvalue weighted by molar-refractivity contribution is 5.68. The molecular formula is C14H25NO5. The Morgan fingerprint density at radius 2 is 2.00 bits per heavy atom. The van der Waals surface area contributed by atoms with Gasteiger partial charge in [-0.05, 0) is 39.0 Å². The number of nitrogens with zero attached hydrogens (tertiary/aromatic N) is 1. The molecule has 3 atom stereocenters. The van der Waals surface area contributed by atoms with Gasteiger partial charge in [-0.25, -0.2) is 4.79 Å². The highest BCUT2D eigenvalue weighted by atomic mass is 16.6. The number of hydrogen-bond acceptors (Lipinski definition) is 4. The fraction of sp³-hybridized carbons (Fsp3) is 0.857. The molecule has 116 valence electrons. The van der Waals surface area contributed by atoms with E-state index in [0.29, 0.717) is 19.5 Å². The summed E-state index contributed by atoms with van der Waals surface area (Å²) in [6, 6.07) is 0. The van der Waals surface area contributed by atoms with Crippen molar-refractivity contribution in [1.82, 2.24) is 4.90 Å². The van der Waals surface area contributed by atoms with Crippen LogP contribution in [0.4, 0.5) is 4.79 Å². The van der Waals surface area contributed by atoms with Gasteiger partial charge < -0.3 is 19.8 Å². The molecule has 1 rings (SSSR count). The van der Waals surface area contributed by atoms with Gasteiger partial charge in [0.2, 0.25) is 0 Å². The fourth-order valence-electron chi connectivity index (χ4n) is 2.56. The van der Waals surface area contributed by atoms with Crippen LogP contribution in [-0.2, 0) is 9.53 Å². The summed E-state index contributed by atoms with van der Waals surface area (Å²) in [6.45, 7) is 8.34. The molecule has 0 spiro atoms. The first kappa shape index (κ1) is 16.8. The van der Waals surface area contributed by atoms with Crippen LogP contribution in [0.1, 0.15) is 40.5 Å². The molecule has 0 aromatic heterocycles. The van der Waals surface area contributed by atoms with Crippen molar-refractivity contribution in [3.05, 3.63) is 0 Å². The van der Waals surface area contributed by atoms with Crippen molar-refractivity contribution in [1.29, 1.82) is 0 Å². The minimum atomic E-state index is -1.00. The minimum absolute atomic E-state index is 0.0469. The predicted octanol–water partition coefficient (Wildman–Crippen LogP) is 1.72. The van der Waals surface area contributed by atoms with Gasteiger partial charge in [-0.1, -0.05) is 6.92 Å². The highest BCUT2D eigenvalue weighted by Gasteiger charge is 2.35. The van der Waals surface area contributed by atoms with Gasteiger partial charge in [0.1, 0.15) is 5.60 Å². The number of ether oxygens (including phenoxy) is 1. The number of rotatable bonds is 3. The van der Waals surface area contributed by atoms with E-state index in [2.05, 4.69) is 0 Å². The number of carbonyl (C=O) groups is 2. The van der Waals surface area contributed by atoms with Crippen molar-refractivity contribution in [3.8, 4) is 0 Å². The number of carboxylic acid groups (broad SMARTS) is 1. The quantitative estimate of drug-likeness (QED) is 0.825. The average Bonchev–Trinajstić information content (AvgIpc) is 2.25. The monoisotopic (exact) mass is 287 g/mol. The average molecular weight is 287 g/mol. The van der Waals surface area contributed by atoms with E-state index in [4.69, 9.17) is 9.84 Å². The van der Waals surface area contributed by atoms with E-state index in [0.717, 1.165) is 0 Å². The molecule has 0 aliphatic carbocycles. The van der Waals surface area contributed by atoms with Gasteiger partial charge in [-0.2, -0.15) is 0 Å². The number of aliphatic hydroxyl groups excluding tert-OH is 1. The maximum Gasteiger partial charge on any atom is 0.410 e. The van der Waals surface area contributed by atoms with E-state index in [1.165, 1.54) is 0 Å². The van der Waals surface area contributed by atoms with Gasteiger partial charge >= 0.3 is 12.1 Å². The third-order valence-electron chi connectivity index (χ3n) is 3.50. The maximum absolute atomic E-state index is 12.0. The van der Waals surface area contributed by atoms with Gasteiger partial charge in [-0.15, -0.1) is 0 Å². The Hall–Kier alpha value is -1.30. The molecule has 3 unspecified atom stereocenters. The van der Waals surface area contributed by atoms with Crippen molar-refractivity contribution in [2.45, 2.75) is 52.2 Å². The second kappa shape index (κ2) is 6.43. The third-order valence-corrected chi connectivity index (χ3v) is 3.50. The lowest BCUT2D eigenvalue weighted by Gasteiger charge is -2.39. The molecule has 1 aliphatic rings. The molecule has 0 saturated carbocycles. The largest absolute Gasteiger partial charge is 0.481 e. The van der Waals surface area contributed by atoms with Crippen LogP contribution < -0.4 is 0 Å². The summed E-state index contributed by atoms with van der Waals surface area (Å²) in [6.07, 6.45) is -0.866. The lowest BCUT2D eigenvalue weighted by molar-refractivity contribution is -0.140. The number of likely N-dealkylation sites (tertiary alicyclic amines) is 1. The molecule has 6 heteroatoms. The molecular weight excluding hydrogens is 262 g/mol. The van der Waals surface area contributed by atoms with Crippen LogP contribution in [0, 0.1) is 11.8 Å². The van der Waals surface area contributed by atoms with E-state index in [9.17, 15) is 14.7 Å². The summed E-state index contributed by atoms with van der Waals surface area (Å²) in [5.41, 5.74) is -0.528. The Morgan fingerprint density at radius 3 is 2.45 bits per heavy atom. The number of carboxylic acids is 1. The summed E-state index contributed by atoms with van der Waals surface area (Å²) in [7, 11) is 0. The minimum Gasteiger partial charge on any atom is -0.481 e. The van der Waals surface area contributed by atoms with Crippen LogP contribution in [0.5, 0.6) is 0 Å². The van der Waals surface area contributed by atoms with Crippen molar-refractivity contribution in [2.24, 2.45) is 11.8 Å². The molecule has 1 aliphatic heterocycles. The van der Waals surface area contributed by atoms with Crippen molar-refractivity contribution < 1.29 is 24.5 Å². The van der Waals surface area contributed by atoms with Crippen molar-refractivity contribution in [3.63, 3.8) is 0 Å². The molecule has 20 heavy (non-hydrogen) atoms.